The molecular weight excluding hydrogens is 274 g/mol. The van der Waals surface area contributed by atoms with Gasteiger partial charge in [0.1, 0.15) is 0 Å². The van der Waals surface area contributed by atoms with E-state index >= 15 is 0 Å². The number of benzene rings is 1. The zero-order valence-electron chi connectivity index (χ0n) is 14.6. The van der Waals surface area contributed by atoms with Crippen molar-refractivity contribution in [1.82, 2.24) is 9.80 Å². The van der Waals surface area contributed by atoms with Crippen LogP contribution in [0.25, 0.3) is 0 Å². The van der Waals surface area contributed by atoms with E-state index in [1.165, 1.54) is 29.7 Å². The molecule has 4 nitrogen and oxygen atoms in total. The SMILES string of the molecule is CC(=O)N(C)Cc1ccc(N2CCCC(N(C)C)C2)cc1C. The Morgan fingerprint density at radius 3 is 2.64 bits per heavy atom. The molecule has 22 heavy (non-hydrogen) atoms. The molecule has 122 valence electrons. The lowest BCUT2D eigenvalue weighted by atomic mass is 10.0. The van der Waals surface area contributed by atoms with Gasteiger partial charge in [-0.05, 0) is 57.1 Å². The lowest BCUT2D eigenvalue weighted by Gasteiger charge is -2.37. The van der Waals surface area contributed by atoms with E-state index in [-0.39, 0.29) is 5.91 Å². The summed E-state index contributed by atoms with van der Waals surface area (Å²) in [5.74, 6) is 0.105. The van der Waals surface area contributed by atoms with E-state index in [4.69, 9.17) is 0 Å². The van der Waals surface area contributed by atoms with Crippen LogP contribution in [0.15, 0.2) is 18.2 Å². The second-order valence-electron chi connectivity index (χ2n) is 6.69. The van der Waals surface area contributed by atoms with Gasteiger partial charge in [-0.15, -0.1) is 0 Å². The maximum absolute atomic E-state index is 11.4. The van der Waals surface area contributed by atoms with Crippen molar-refractivity contribution >= 4 is 11.6 Å². The number of aryl methyl sites for hydroxylation is 1. The summed E-state index contributed by atoms with van der Waals surface area (Å²) in [7, 11) is 6.18. The fraction of sp³-hybridized carbons (Fsp3) is 0.611. The summed E-state index contributed by atoms with van der Waals surface area (Å²) in [5.41, 5.74) is 3.79. The van der Waals surface area contributed by atoms with Crippen LogP contribution in [0.3, 0.4) is 0 Å². The first kappa shape index (κ1) is 16.8. The van der Waals surface area contributed by atoms with Gasteiger partial charge in [-0.3, -0.25) is 4.79 Å². The fourth-order valence-electron chi connectivity index (χ4n) is 3.03. The first-order valence-corrected chi connectivity index (χ1v) is 8.11. The van der Waals surface area contributed by atoms with Crippen LogP contribution in [0.1, 0.15) is 30.9 Å². The van der Waals surface area contributed by atoms with Crippen molar-refractivity contribution in [1.29, 1.82) is 0 Å². The second-order valence-corrected chi connectivity index (χ2v) is 6.69. The molecule has 0 N–H and O–H groups in total. The number of anilines is 1. The lowest BCUT2D eigenvalue weighted by Crippen LogP contribution is -2.45. The van der Waals surface area contributed by atoms with Crippen LogP contribution in [0.5, 0.6) is 0 Å². The van der Waals surface area contributed by atoms with Crippen LogP contribution < -0.4 is 4.90 Å². The molecule has 0 aromatic heterocycles. The average molecular weight is 303 g/mol. The second kappa shape index (κ2) is 7.14. The van der Waals surface area contributed by atoms with E-state index in [1.807, 2.05) is 7.05 Å². The van der Waals surface area contributed by atoms with Gasteiger partial charge in [0.05, 0.1) is 0 Å². The molecular formula is C18H29N3O. The number of carbonyl (C=O) groups is 1. The third-order valence-electron chi connectivity index (χ3n) is 4.76. The van der Waals surface area contributed by atoms with Crippen LogP contribution in [0.2, 0.25) is 0 Å². The molecule has 1 fully saturated rings. The summed E-state index contributed by atoms with van der Waals surface area (Å²) in [5, 5.41) is 0. The minimum absolute atomic E-state index is 0.105. The van der Waals surface area contributed by atoms with E-state index < -0.39 is 0 Å². The fourth-order valence-corrected chi connectivity index (χ4v) is 3.03. The predicted molar refractivity (Wildman–Crippen MR) is 92.2 cm³/mol. The monoisotopic (exact) mass is 303 g/mol. The Kier molecular flexibility index (Phi) is 5.46. The van der Waals surface area contributed by atoms with Gasteiger partial charge in [0.2, 0.25) is 5.91 Å². The van der Waals surface area contributed by atoms with Crippen molar-refractivity contribution in [2.45, 2.75) is 39.3 Å². The Balaban J connectivity index is 2.10. The third-order valence-corrected chi connectivity index (χ3v) is 4.76. The van der Waals surface area contributed by atoms with Crippen molar-refractivity contribution in [2.24, 2.45) is 0 Å². The molecule has 0 radical (unpaired) electrons. The number of piperidine rings is 1. The van der Waals surface area contributed by atoms with Crippen molar-refractivity contribution in [2.75, 3.05) is 39.1 Å². The highest BCUT2D eigenvalue weighted by Gasteiger charge is 2.21. The summed E-state index contributed by atoms with van der Waals surface area (Å²) in [6.45, 7) is 6.66. The molecule has 1 aliphatic heterocycles. The number of carbonyl (C=O) groups excluding carboxylic acids is 1. The molecule has 1 aromatic rings. The van der Waals surface area contributed by atoms with Crippen LogP contribution in [0.4, 0.5) is 5.69 Å². The molecule has 1 atom stereocenters. The van der Waals surface area contributed by atoms with E-state index in [2.05, 4.69) is 49.0 Å². The van der Waals surface area contributed by atoms with Crippen LogP contribution in [0, 0.1) is 6.92 Å². The highest BCUT2D eigenvalue weighted by atomic mass is 16.2. The first-order valence-electron chi connectivity index (χ1n) is 8.11. The standard InChI is InChI=1S/C18H29N3O/c1-14-11-17(9-8-16(14)12-20(5)15(2)22)21-10-6-7-18(13-21)19(3)4/h8-9,11,18H,6-7,10,12-13H2,1-5H3. The Hall–Kier alpha value is -1.55. The number of rotatable bonds is 4. The summed E-state index contributed by atoms with van der Waals surface area (Å²) in [4.78, 5) is 18.0. The van der Waals surface area contributed by atoms with Crippen LogP contribution in [-0.4, -0.2) is 56.0 Å². The summed E-state index contributed by atoms with van der Waals surface area (Å²) in [6, 6.07) is 7.27. The van der Waals surface area contributed by atoms with E-state index in [0.29, 0.717) is 12.6 Å². The molecule has 1 unspecified atom stereocenters. The number of amides is 1. The number of likely N-dealkylation sites (N-methyl/N-ethyl adjacent to an activating group) is 1. The maximum atomic E-state index is 11.4. The van der Waals surface area contributed by atoms with Crippen molar-refractivity contribution in [3.8, 4) is 0 Å². The molecule has 1 heterocycles. The maximum Gasteiger partial charge on any atom is 0.219 e. The highest BCUT2D eigenvalue weighted by molar-refractivity contribution is 5.72. The quantitative estimate of drug-likeness (QED) is 0.855. The van der Waals surface area contributed by atoms with Gasteiger partial charge < -0.3 is 14.7 Å². The zero-order valence-corrected chi connectivity index (χ0v) is 14.6. The number of nitrogens with zero attached hydrogens (tertiary/aromatic N) is 3. The molecule has 1 amide bonds. The number of hydrogen-bond donors (Lipinski definition) is 0. The zero-order chi connectivity index (χ0) is 16.3. The topological polar surface area (TPSA) is 26.8 Å². The van der Waals surface area contributed by atoms with E-state index in [1.54, 1.807) is 11.8 Å². The predicted octanol–water partition coefficient (Wildman–Crippen LogP) is 2.50. The molecule has 4 heteroatoms. The Bertz CT molecular complexity index is 527. The van der Waals surface area contributed by atoms with Gasteiger partial charge in [-0.1, -0.05) is 6.07 Å². The Morgan fingerprint density at radius 2 is 2.05 bits per heavy atom. The van der Waals surface area contributed by atoms with Gasteiger partial charge in [0.25, 0.3) is 0 Å². The van der Waals surface area contributed by atoms with Crippen molar-refractivity contribution < 1.29 is 4.79 Å². The average Bonchev–Trinajstić information content (AvgIpc) is 2.49. The highest BCUT2D eigenvalue weighted by Crippen LogP contribution is 2.24. The lowest BCUT2D eigenvalue weighted by molar-refractivity contribution is -0.128. The summed E-state index contributed by atoms with van der Waals surface area (Å²) >= 11 is 0. The minimum Gasteiger partial charge on any atom is -0.370 e. The Labute approximate surface area is 134 Å². The Morgan fingerprint density at radius 1 is 1.32 bits per heavy atom. The smallest absolute Gasteiger partial charge is 0.219 e. The van der Waals surface area contributed by atoms with Gasteiger partial charge in [-0.2, -0.15) is 0 Å². The van der Waals surface area contributed by atoms with Gasteiger partial charge in [-0.25, -0.2) is 0 Å². The number of hydrogen-bond acceptors (Lipinski definition) is 3. The molecule has 0 spiro atoms. The third kappa shape index (κ3) is 4.01. The normalized spacial score (nSPS) is 18.6. The van der Waals surface area contributed by atoms with E-state index in [9.17, 15) is 4.79 Å². The summed E-state index contributed by atoms with van der Waals surface area (Å²) < 4.78 is 0. The molecule has 0 bridgehead atoms. The first-order chi connectivity index (χ1) is 10.4. The summed E-state index contributed by atoms with van der Waals surface area (Å²) in [6.07, 6.45) is 2.53. The van der Waals surface area contributed by atoms with Crippen LogP contribution >= 0.6 is 0 Å². The molecule has 0 saturated carbocycles. The largest absolute Gasteiger partial charge is 0.370 e. The van der Waals surface area contributed by atoms with Gasteiger partial charge in [0.15, 0.2) is 0 Å². The van der Waals surface area contributed by atoms with Crippen molar-refractivity contribution in [3.05, 3.63) is 29.3 Å². The molecule has 1 aromatic carbocycles. The molecule has 1 saturated heterocycles. The van der Waals surface area contributed by atoms with Gasteiger partial charge in [0, 0.05) is 45.3 Å². The van der Waals surface area contributed by atoms with Crippen LogP contribution in [-0.2, 0) is 11.3 Å². The molecule has 1 aliphatic rings. The van der Waals surface area contributed by atoms with E-state index in [0.717, 1.165) is 13.1 Å². The van der Waals surface area contributed by atoms with Gasteiger partial charge >= 0.3 is 0 Å². The molecule has 2 rings (SSSR count). The minimum atomic E-state index is 0.105. The van der Waals surface area contributed by atoms with Crippen molar-refractivity contribution in [3.63, 3.8) is 0 Å². The molecule has 0 aliphatic carbocycles.